The van der Waals surface area contributed by atoms with E-state index in [0.717, 1.165) is 5.69 Å². The summed E-state index contributed by atoms with van der Waals surface area (Å²) in [6, 6.07) is 19.3. The van der Waals surface area contributed by atoms with Gasteiger partial charge < -0.3 is 5.32 Å². The Morgan fingerprint density at radius 3 is 2.17 bits per heavy atom. The van der Waals surface area contributed by atoms with Gasteiger partial charge in [-0.25, -0.2) is 0 Å². The molecule has 1 aliphatic rings. The highest BCUT2D eigenvalue weighted by atomic mass is 16.2. The fourth-order valence-corrected chi connectivity index (χ4v) is 3.31. The Morgan fingerprint density at radius 2 is 1.48 bits per heavy atom. The number of rotatable bonds is 4. The second-order valence-corrected chi connectivity index (χ2v) is 6.57. The van der Waals surface area contributed by atoms with Gasteiger partial charge in [-0.15, -0.1) is 0 Å². The molecule has 0 spiro atoms. The van der Waals surface area contributed by atoms with E-state index in [1.165, 1.54) is 13.1 Å². The number of hydrogen-bond donors (Lipinski definition) is 2. The number of fused-ring (bicyclic) bond motifs is 2. The number of nitrogens with zero attached hydrogens (tertiary/aromatic N) is 1. The van der Waals surface area contributed by atoms with Gasteiger partial charge in [-0.05, 0) is 18.2 Å². The first kappa shape index (κ1) is 18.3. The van der Waals surface area contributed by atoms with Crippen LogP contribution in [-0.2, 0) is 4.79 Å². The van der Waals surface area contributed by atoms with Crippen LogP contribution in [0.25, 0.3) is 0 Å². The van der Waals surface area contributed by atoms with Crippen molar-refractivity contribution in [2.75, 3.05) is 10.7 Å². The van der Waals surface area contributed by atoms with Crippen LogP contribution in [0.3, 0.4) is 0 Å². The van der Waals surface area contributed by atoms with Crippen LogP contribution in [0.1, 0.15) is 44.3 Å². The van der Waals surface area contributed by atoms with Crippen molar-refractivity contribution in [3.63, 3.8) is 0 Å². The average Bonchev–Trinajstić information content (AvgIpc) is 2.73. The Morgan fingerprint density at radius 1 is 0.828 bits per heavy atom. The predicted octanol–water partition coefficient (Wildman–Crippen LogP) is 3.87. The van der Waals surface area contributed by atoms with Crippen LogP contribution in [0.15, 0.2) is 71.8 Å². The number of ketones is 2. The predicted molar refractivity (Wildman–Crippen MR) is 112 cm³/mol. The molecular weight excluding hydrogens is 366 g/mol. The van der Waals surface area contributed by atoms with Crippen molar-refractivity contribution >= 4 is 35.1 Å². The van der Waals surface area contributed by atoms with Gasteiger partial charge in [0.05, 0.1) is 23.2 Å². The second-order valence-electron chi connectivity index (χ2n) is 6.57. The van der Waals surface area contributed by atoms with Crippen molar-refractivity contribution in [2.45, 2.75) is 6.92 Å². The van der Waals surface area contributed by atoms with E-state index in [1.807, 2.05) is 30.3 Å². The van der Waals surface area contributed by atoms with Gasteiger partial charge >= 0.3 is 0 Å². The van der Waals surface area contributed by atoms with Gasteiger partial charge in [-0.3, -0.25) is 19.8 Å². The summed E-state index contributed by atoms with van der Waals surface area (Å²) in [5.74, 6) is -0.888. The third kappa shape index (κ3) is 3.43. The minimum absolute atomic E-state index is 0.188. The number of anilines is 2. The lowest BCUT2D eigenvalue weighted by Gasteiger charge is -2.21. The Labute approximate surface area is 167 Å². The van der Waals surface area contributed by atoms with Crippen molar-refractivity contribution in [2.24, 2.45) is 5.10 Å². The molecule has 6 heteroatoms. The van der Waals surface area contributed by atoms with E-state index in [9.17, 15) is 14.4 Å². The summed E-state index contributed by atoms with van der Waals surface area (Å²) in [6.07, 6.45) is 1.51. The molecule has 0 aromatic heterocycles. The zero-order valence-corrected chi connectivity index (χ0v) is 15.6. The topological polar surface area (TPSA) is 87.6 Å². The van der Waals surface area contributed by atoms with E-state index in [2.05, 4.69) is 15.8 Å². The molecule has 3 aromatic rings. The number of amides is 1. The maximum atomic E-state index is 13.1. The van der Waals surface area contributed by atoms with E-state index in [0.29, 0.717) is 16.7 Å². The molecule has 1 amide bonds. The second kappa shape index (κ2) is 7.52. The van der Waals surface area contributed by atoms with Gasteiger partial charge in [-0.2, -0.15) is 5.10 Å². The Bertz CT molecular complexity index is 1170. The Kier molecular flexibility index (Phi) is 4.75. The SMILES string of the molecule is CC(=O)Nc1c(/C=N\Nc2ccccc2)ccc2c1C(=O)c1ccccc1C2=O. The zero-order chi connectivity index (χ0) is 20.4. The van der Waals surface area contributed by atoms with Gasteiger partial charge in [0.15, 0.2) is 11.6 Å². The van der Waals surface area contributed by atoms with E-state index in [1.54, 1.807) is 36.4 Å². The molecule has 0 saturated heterocycles. The summed E-state index contributed by atoms with van der Waals surface area (Å²) in [6.45, 7) is 1.35. The summed E-state index contributed by atoms with van der Waals surface area (Å²) in [4.78, 5) is 37.8. The summed E-state index contributed by atoms with van der Waals surface area (Å²) in [7, 11) is 0. The lowest BCUT2D eigenvalue weighted by Crippen LogP contribution is -2.24. The molecule has 3 aromatic carbocycles. The van der Waals surface area contributed by atoms with E-state index in [-0.39, 0.29) is 34.3 Å². The molecule has 0 aliphatic heterocycles. The first-order valence-electron chi connectivity index (χ1n) is 9.03. The number of carbonyl (C=O) groups excluding carboxylic acids is 3. The van der Waals surface area contributed by atoms with Gasteiger partial charge in [-0.1, -0.05) is 48.5 Å². The van der Waals surface area contributed by atoms with Crippen molar-refractivity contribution in [1.82, 2.24) is 0 Å². The summed E-state index contributed by atoms with van der Waals surface area (Å²) in [5.41, 5.74) is 5.63. The first-order valence-corrected chi connectivity index (χ1v) is 9.03. The minimum Gasteiger partial charge on any atom is -0.325 e. The molecular formula is C23H17N3O3. The van der Waals surface area contributed by atoms with Crippen LogP contribution in [0.2, 0.25) is 0 Å². The van der Waals surface area contributed by atoms with E-state index >= 15 is 0 Å². The molecule has 0 atom stereocenters. The van der Waals surface area contributed by atoms with Crippen molar-refractivity contribution in [1.29, 1.82) is 0 Å². The van der Waals surface area contributed by atoms with Crippen LogP contribution in [0.5, 0.6) is 0 Å². The van der Waals surface area contributed by atoms with Gasteiger partial charge in [0.1, 0.15) is 0 Å². The number of carbonyl (C=O) groups is 3. The Balaban J connectivity index is 1.79. The molecule has 0 heterocycles. The number of hydrazone groups is 1. The van der Waals surface area contributed by atoms with Crippen molar-refractivity contribution < 1.29 is 14.4 Å². The highest BCUT2D eigenvalue weighted by molar-refractivity contribution is 6.31. The van der Waals surface area contributed by atoms with Crippen LogP contribution >= 0.6 is 0 Å². The molecule has 4 rings (SSSR count). The minimum atomic E-state index is -0.344. The van der Waals surface area contributed by atoms with Crippen molar-refractivity contribution in [3.05, 3.63) is 94.5 Å². The van der Waals surface area contributed by atoms with Gasteiger partial charge in [0.25, 0.3) is 0 Å². The maximum absolute atomic E-state index is 13.1. The normalized spacial score (nSPS) is 12.4. The molecule has 1 aliphatic carbocycles. The summed E-state index contributed by atoms with van der Waals surface area (Å²) in [5, 5.41) is 6.90. The lowest BCUT2D eigenvalue weighted by molar-refractivity contribution is -0.114. The van der Waals surface area contributed by atoms with E-state index < -0.39 is 0 Å². The van der Waals surface area contributed by atoms with Gasteiger partial charge in [0, 0.05) is 29.2 Å². The van der Waals surface area contributed by atoms with Gasteiger partial charge in [0.2, 0.25) is 5.91 Å². The van der Waals surface area contributed by atoms with Crippen LogP contribution in [0, 0.1) is 0 Å². The highest BCUT2D eigenvalue weighted by Crippen LogP contribution is 2.33. The standard InChI is InChI=1S/C23H17N3O3/c1-14(27)25-21-15(13-24-26-16-7-3-2-4-8-16)11-12-19-20(21)23(29)18-10-6-5-9-17(18)22(19)28/h2-13,26H,1H3,(H,25,27)/b24-13-. The highest BCUT2D eigenvalue weighted by Gasteiger charge is 2.32. The zero-order valence-electron chi connectivity index (χ0n) is 15.6. The van der Waals surface area contributed by atoms with E-state index in [4.69, 9.17) is 0 Å². The monoisotopic (exact) mass is 383 g/mol. The molecule has 0 bridgehead atoms. The van der Waals surface area contributed by atoms with Crippen LogP contribution in [-0.4, -0.2) is 23.7 Å². The average molecular weight is 383 g/mol. The maximum Gasteiger partial charge on any atom is 0.221 e. The summed E-state index contributed by atoms with van der Waals surface area (Å²) >= 11 is 0. The number of hydrogen-bond acceptors (Lipinski definition) is 5. The number of nitrogens with one attached hydrogen (secondary N) is 2. The summed E-state index contributed by atoms with van der Waals surface area (Å²) < 4.78 is 0. The largest absolute Gasteiger partial charge is 0.325 e. The van der Waals surface area contributed by atoms with Crippen LogP contribution < -0.4 is 10.7 Å². The molecule has 6 nitrogen and oxygen atoms in total. The number of para-hydroxylation sites is 1. The quantitative estimate of drug-likeness (QED) is 0.414. The molecule has 0 fully saturated rings. The molecule has 142 valence electrons. The molecule has 0 radical (unpaired) electrons. The fraction of sp³-hybridized carbons (Fsp3) is 0.0435. The third-order valence-corrected chi connectivity index (χ3v) is 4.60. The van der Waals surface area contributed by atoms with Crippen LogP contribution in [0.4, 0.5) is 11.4 Å². The lowest BCUT2D eigenvalue weighted by atomic mass is 9.82. The first-order chi connectivity index (χ1) is 14.1. The van der Waals surface area contributed by atoms with Crippen molar-refractivity contribution in [3.8, 4) is 0 Å². The molecule has 0 saturated carbocycles. The third-order valence-electron chi connectivity index (χ3n) is 4.60. The smallest absolute Gasteiger partial charge is 0.221 e. The number of benzene rings is 3. The molecule has 2 N–H and O–H groups in total. The molecule has 29 heavy (non-hydrogen) atoms. The Hall–Kier alpha value is -4.06. The molecule has 0 unspecified atom stereocenters. The fourth-order valence-electron chi connectivity index (χ4n) is 3.31.